The van der Waals surface area contributed by atoms with E-state index in [1.807, 2.05) is 0 Å². The minimum atomic E-state index is -2.73. The molecule has 2 heterocycles. The van der Waals surface area contributed by atoms with Gasteiger partial charge in [0.05, 0.1) is 11.0 Å². The highest BCUT2D eigenvalue weighted by Gasteiger charge is 2.35. The molecule has 0 bridgehead atoms. The largest absolute Gasteiger partial charge is 0.328 e. The summed E-state index contributed by atoms with van der Waals surface area (Å²) in [6, 6.07) is 4.91. The van der Waals surface area contributed by atoms with Gasteiger partial charge in [0, 0.05) is 10.4 Å². The van der Waals surface area contributed by atoms with Gasteiger partial charge in [-0.1, -0.05) is 11.6 Å². The number of benzene rings is 1. The van der Waals surface area contributed by atoms with Crippen LogP contribution in [-0.2, 0) is 5.54 Å². The number of fused-ring (bicyclic) bond motifs is 3. The predicted octanol–water partition coefficient (Wildman–Crippen LogP) is 2.93. The maximum absolute atomic E-state index is 13.2. The van der Waals surface area contributed by atoms with Gasteiger partial charge in [-0.3, -0.25) is 4.57 Å². The average molecular weight is 313 g/mol. The Morgan fingerprint density at radius 2 is 2.05 bits per heavy atom. The molecular weight excluding hydrogens is 302 g/mol. The number of nitrogens with one attached hydrogen (secondary N) is 1. The third kappa shape index (κ3) is 1.99. The Kier molecular flexibility index (Phi) is 2.98. The van der Waals surface area contributed by atoms with Crippen molar-refractivity contribution in [3.63, 3.8) is 0 Å². The van der Waals surface area contributed by atoms with Crippen molar-refractivity contribution in [3.05, 3.63) is 33.7 Å². The third-order valence-electron chi connectivity index (χ3n) is 3.46. The number of halogens is 3. The topological polar surface area (TPSA) is 63.6 Å². The molecule has 0 saturated carbocycles. The van der Waals surface area contributed by atoms with Gasteiger partial charge < -0.3 is 4.98 Å². The Hall–Kier alpha value is -2.02. The van der Waals surface area contributed by atoms with Crippen LogP contribution in [0.3, 0.4) is 0 Å². The van der Waals surface area contributed by atoms with Crippen LogP contribution in [0.4, 0.5) is 8.78 Å². The molecule has 0 amide bonds. The minimum Gasteiger partial charge on any atom is -0.303 e. The molecule has 0 aliphatic carbocycles. The predicted molar refractivity (Wildman–Crippen MR) is 76.0 cm³/mol. The van der Waals surface area contributed by atoms with Gasteiger partial charge in [-0.05, 0) is 32.0 Å². The molecule has 8 heteroatoms. The number of hydrogen-bond acceptors (Lipinski definition) is 3. The zero-order valence-corrected chi connectivity index (χ0v) is 11.9. The Bertz CT molecular complexity index is 900. The first-order valence-electron chi connectivity index (χ1n) is 6.17. The van der Waals surface area contributed by atoms with Crippen LogP contribution in [0.2, 0.25) is 5.02 Å². The van der Waals surface area contributed by atoms with Crippen LogP contribution in [-0.4, -0.2) is 26.2 Å². The van der Waals surface area contributed by atoms with Gasteiger partial charge in [-0.25, -0.2) is 13.6 Å². The van der Waals surface area contributed by atoms with Crippen LogP contribution < -0.4 is 5.69 Å². The van der Waals surface area contributed by atoms with E-state index >= 15 is 0 Å². The normalized spacial score (nSPS) is 12.7. The lowest BCUT2D eigenvalue weighted by Gasteiger charge is -2.24. The number of aromatic amines is 1. The van der Waals surface area contributed by atoms with Crippen LogP contribution in [0.15, 0.2) is 23.0 Å². The highest BCUT2D eigenvalue weighted by molar-refractivity contribution is 6.31. The number of aromatic nitrogens is 4. The Balaban J connectivity index is 2.44. The molecule has 110 valence electrons. The summed E-state index contributed by atoms with van der Waals surface area (Å²) in [6.45, 7) is 2.55. The van der Waals surface area contributed by atoms with Gasteiger partial charge in [0.2, 0.25) is 0 Å². The van der Waals surface area contributed by atoms with E-state index in [-0.39, 0.29) is 5.65 Å². The van der Waals surface area contributed by atoms with Crippen LogP contribution in [0.1, 0.15) is 13.8 Å². The molecular formula is C13H11ClF2N4O. The van der Waals surface area contributed by atoms with Crippen molar-refractivity contribution in [2.45, 2.75) is 25.8 Å². The fourth-order valence-electron chi connectivity index (χ4n) is 2.24. The molecule has 0 spiro atoms. The van der Waals surface area contributed by atoms with Crippen molar-refractivity contribution in [3.8, 4) is 0 Å². The summed E-state index contributed by atoms with van der Waals surface area (Å²) >= 11 is 5.94. The van der Waals surface area contributed by atoms with E-state index in [9.17, 15) is 13.6 Å². The van der Waals surface area contributed by atoms with Crippen molar-refractivity contribution < 1.29 is 8.78 Å². The van der Waals surface area contributed by atoms with E-state index in [0.717, 1.165) is 4.57 Å². The second kappa shape index (κ2) is 4.49. The number of imidazole rings is 1. The molecule has 1 N–H and O–H groups in total. The summed E-state index contributed by atoms with van der Waals surface area (Å²) in [5.74, 6) is 0. The summed E-state index contributed by atoms with van der Waals surface area (Å²) in [7, 11) is 0. The monoisotopic (exact) mass is 312 g/mol. The number of rotatable bonds is 2. The summed E-state index contributed by atoms with van der Waals surface area (Å²) in [5.41, 5.74) is -1.40. The maximum Gasteiger partial charge on any atom is 0.328 e. The van der Waals surface area contributed by atoms with Crippen LogP contribution in [0, 0.1) is 0 Å². The molecule has 2 aromatic heterocycles. The number of alkyl halides is 2. The second-order valence-electron chi connectivity index (χ2n) is 5.28. The first-order chi connectivity index (χ1) is 9.82. The smallest absolute Gasteiger partial charge is 0.303 e. The quantitative estimate of drug-likeness (QED) is 0.791. The van der Waals surface area contributed by atoms with E-state index in [0.29, 0.717) is 21.4 Å². The van der Waals surface area contributed by atoms with Gasteiger partial charge in [0.25, 0.3) is 6.43 Å². The van der Waals surface area contributed by atoms with Crippen molar-refractivity contribution in [2.24, 2.45) is 0 Å². The van der Waals surface area contributed by atoms with Gasteiger partial charge >= 0.3 is 5.69 Å². The van der Waals surface area contributed by atoms with Gasteiger partial charge in [0.1, 0.15) is 5.54 Å². The maximum atomic E-state index is 13.2. The lowest BCUT2D eigenvalue weighted by Crippen LogP contribution is -2.40. The molecule has 3 rings (SSSR count). The van der Waals surface area contributed by atoms with E-state index in [1.165, 1.54) is 13.8 Å². The Labute approximate surface area is 122 Å². The highest BCUT2D eigenvalue weighted by atomic mass is 35.5. The van der Waals surface area contributed by atoms with E-state index < -0.39 is 17.7 Å². The molecule has 0 atom stereocenters. The molecule has 0 unspecified atom stereocenters. The van der Waals surface area contributed by atoms with Crippen LogP contribution in [0.25, 0.3) is 22.1 Å². The van der Waals surface area contributed by atoms with Crippen LogP contribution in [0.5, 0.6) is 0 Å². The first-order valence-corrected chi connectivity index (χ1v) is 6.55. The molecule has 0 aliphatic heterocycles. The first kappa shape index (κ1) is 13.9. The molecule has 3 aromatic rings. The average Bonchev–Trinajstić information content (AvgIpc) is 2.75. The zero-order valence-electron chi connectivity index (χ0n) is 11.2. The number of H-pyrrole nitrogens is 1. The van der Waals surface area contributed by atoms with Gasteiger partial charge in [-0.2, -0.15) is 0 Å². The fraction of sp³-hybridized carbons (Fsp3) is 0.308. The molecule has 0 aliphatic rings. The Morgan fingerprint density at radius 1 is 1.33 bits per heavy atom. The Morgan fingerprint density at radius 3 is 2.71 bits per heavy atom. The SMILES string of the molecule is CC(C)(C(F)F)n1c(=O)[nH]c2c3cc(Cl)ccc3nnc21. The highest BCUT2D eigenvalue weighted by Crippen LogP contribution is 2.28. The lowest BCUT2D eigenvalue weighted by molar-refractivity contribution is 0.0280. The summed E-state index contributed by atoms with van der Waals surface area (Å²) in [6.07, 6.45) is -2.73. The van der Waals surface area contributed by atoms with Crippen molar-refractivity contribution >= 4 is 33.7 Å². The van der Waals surface area contributed by atoms with Gasteiger partial charge in [0.15, 0.2) is 5.65 Å². The standard InChI is InChI=1S/C13H11ClF2N4O/c1-13(2,11(15)16)20-10-9(17-12(20)21)7-5-6(14)3-4-8(7)18-19-10/h3-5,11H,1-2H3,(H,17,21). The number of nitrogens with zero attached hydrogens (tertiary/aromatic N) is 3. The number of hydrogen-bond donors (Lipinski definition) is 1. The summed E-state index contributed by atoms with van der Waals surface area (Å²) < 4.78 is 27.4. The zero-order chi connectivity index (χ0) is 15.4. The van der Waals surface area contributed by atoms with Crippen LogP contribution >= 0.6 is 11.6 Å². The van der Waals surface area contributed by atoms with E-state index in [1.54, 1.807) is 18.2 Å². The second-order valence-corrected chi connectivity index (χ2v) is 5.72. The summed E-state index contributed by atoms with van der Waals surface area (Å²) in [4.78, 5) is 14.7. The summed E-state index contributed by atoms with van der Waals surface area (Å²) in [5, 5.41) is 8.90. The molecule has 21 heavy (non-hydrogen) atoms. The third-order valence-corrected chi connectivity index (χ3v) is 3.70. The lowest BCUT2D eigenvalue weighted by atomic mass is 10.1. The molecule has 1 aromatic carbocycles. The minimum absolute atomic E-state index is 0.0834. The van der Waals surface area contributed by atoms with Gasteiger partial charge in [-0.15, -0.1) is 10.2 Å². The van der Waals surface area contributed by atoms with Crippen molar-refractivity contribution in [2.75, 3.05) is 0 Å². The van der Waals surface area contributed by atoms with Crippen molar-refractivity contribution in [1.29, 1.82) is 0 Å². The fourth-order valence-corrected chi connectivity index (χ4v) is 2.41. The van der Waals surface area contributed by atoms with Crippen molar-refractivity contribution in [1.82, 2.24) is 19.7 Å². The van der Waals surface area contributed by atoms with E-state index in [2.05, 4.69) is 15.2 Å². The molecule has 0 fully saturated rings. The van der Waals surface area contributed by atoms with E-state index in [4.69, 9.17) is 11.6 Å². The molecule has 0 radical (unpaired) electrons. The molecule has 5 nitrogen and oxygen atoms in total. The molecule has 0 saturated heterocycles.